The Labute approximate surface area is 102 Å². The molecule has 5 nitrogen and oxygen atoms in total. The van der Waals surface area contributed by atoms with Crippen molar-refractivity contribution in [2.45, 2.75) is 17.8 Å². The average molecular weight is 249 g/mol. The molecule has 0 atom stereocenters. The number of aryl methyl sites for hydroxylation is 1. The van der Waals surface area contributed by atoms with Crippen molar-refractivity contribution < 1.29 is 5.11 Å². The molecule has 0 fully saturated rings. The van der Waals surface area contributed by atoms with Crippen molar-refractivity contribution >= 4 is 11.8 Å². The number of pyridine rings is 1. The molecule has 6 heteroatoms. The lowest BCUT2D eigenvalue weighted by Crippen LogP contribution is -2.06. The van der Waals surface area contributed by atoms with Crippen LogP contribution in [0.3, 0.4) is 0 Å². The molecule has 0 bridgehead atoms. The van der Waals surface area contributed by atoms with Gasteiger partial charge in [-0.2, -0.15) is 4.98 Å². The molecular weight excluding hydrogens is 238 g/mol. The Morgan fingerprint density at radius 2 is 2.35 bits per heavy atom. The van der Waals surface area contributed by atoms with Crippen LogP contribution in [0.15, 0.2) is 34.3 Å². The molecule has 0 aliphatic heterocycles. The Balaban J connectivity index is 2.13. The first-order valence-corrected chi connectivity index (χ1v) is 5.97. The van der Waals surface area contributed by atoms with E-state index in [0.29, 0.717) is 10.9 Å². The summed E-state index contributed by atoms with van der Waals surface area (Å²) in [4.78, 5) is 21.7. The normalized spacial score (nSPS) is 10.4. The minimum absolute atomic E-state index is 0.269. The van der Waals surface area contributed by atoms with Crippen LogP contribution in [0.2, 0.25) is 0 Å². The summed E-state index contributed by atoms with van der Waals surface area (Å²) in [5, 5.41) is 9.57. The lowest BCUT2D eigenvalue weighted by Gasteiger charge is -2.03. The molecule has 0 aromatic carbocycles. The predicted molar refractivity (Wildman–Crippen MR) is 65.1 cm³/mol. The van der Waals surface area contributed by atoms with Gasteiger partial charge in [0.25, 0.3) is 5.56 Å². The summed E-state index contributed by atoms with van der Waals surface area (Å²) < 4.78 is 0. The molecular formula is C11H11N3O2S. The zero-order chi connectivity index (χ0) is 12.3. The van der Waals surface area contributed by atoms with Gasteiger partial charge in [-0.25, -0.2) is 0 Å². The summed E-state index contributed by atoms with van der Waals surface area (Å²) >= 11 is 1.33. The molecule has 0 spiro atoms. The van der Waals surface area contributed by atoms with Crippen molar-refractivity contribution in [3.8, 4) is 5.88 Å². The Hall–Kier alpha value is -1.82. The van der Waals surface area contributed by atoms with Gasteiger partial charge in [-0.15, -0.1) is 0 Å². The van der Waals surface area contributed by atoms with Gasteiger partial charge in [0.2, 0.25) is 5.88 Å². The first-order valence-electron chi connectivity index (χ1n) is 4.99. The van der Waals surface area contributed by atoms with E-state index in [1.807, 2.05) is 19.1 Å². The van der Waals surface area contributed by atoms with Crippen LogP contribution in [0, 0.1) is 6.92 Å². The van der Waals surface area contributed by atoms with Gasteiger partial charge in [0.05, 0.1) is 11.8 Å². The van der Waals surface area contributed by atoms with Crippen molar-refractivity contribution in [1.29, 1.82) is 0 Å². The van der Waals surface area contributed by atoms with Crippen molar-refractivity contribution in [2.75, 3.05) is 0 Å². The lowest BCUT2D eigenvalue weighted by atomic mass is 10.2. The SMILES string of the molecule is Cc1cccnc1CSc1nc(O)cc(=O)[nH]1. The number of rotatable bonds is 3. The first-order chi connectivity index (χ1) is 8.15. The van der Waals surface area contributed by atoms with E-state index in [0.717, 1.165) is 17.3 Å². The second-order valence-corrected chi connectivity index (χ2v) is 4.43. The third kappa shape index (κ3) is 3.07. The van der Waals surface area contributed by atoms with E-state index in [4.69, 9.17) is 0 Å². The zero-order valence-electron chi connectivity index (χ0n) is 9.17. The van der Waals surface area contributed by atoms with E-state index in [1.54, 1.807) is 6.20 Å². The second kappa shape index (κ2) is 5.01. The fraction of sp³-hybridized carbons (Fsp3) is 0.182. The van der Waals surface area contributed by atoms with Gasteiger partial charge >= 0.3 is 0 Å². The first kappa shape index (κ1) is 11.7. The van der Waals surface area contributed by atoms with Gasteiger partial charge in [-0.05, 0) is 18.6 Å². The van der Waals surface area contributed by atoms with Crippen molar-refractivity contribution in [3.05, 3.63) is 46.0 Å². The monoisotopic (exact) mass is 249 g/mol. The number of thioether (sulfide) groups is 1. The minimum Gasteiger partial charge on any atom is -0.493 e. The highest BCUT2D eigenvalue weighted by molar-refractivity contribution is 7.98. The molecule has 0 saturated heterocycles. The summed E-state index contributed by atoms with van der Waals surface area (Å²) in [7, 11) is 0. The number of nitrogens with zero attached hydrogens (tertiary/aromatic N) is 2. The third-order valence-corrected chi connectivity index (χ3v) is 3.05. The largest absolute Gasteiger partial charge is 0.493 e. The fourth-order valence-electron chi connectivity index (χ4n) is 1.30. The molecule has 0 amide bonds. The Kier molecular flexibility index (Phi) is 3.43. The lowest BCUT2D eigenvalue weighted by molar-refractivity contribution is 0.444. The highest BCUT2D eigenvalue weighted by atomic mass is 32.2. The van der Waals surface area contributed by atoms with E-state index in [2.05, 4.69) is 15.0 Å². The zero-order valence-corrected chi connectivity index (χ0v) is 9.99. The molecule has 2 N–H and O–H groups in total. The maximum atomic E-state index is 11.1. The molecule has 0 aliphatic carbocycles. The molecule has 17 heavy (non-hydrogen) atoms. The molecule has 0 radical (unpaired) electrons. The highest BCUT2D eigenvalue weighted by Gasteiger charge is 2.04. The molecule has 2 aromatic rings. The maximum absolute atomic E-state index is 11.1. The van der Waals surface area contributed by atoms with E-state index < -0.39 is 0 Å². The van der Waals surface area contributed by atoms with Gasteiger partial charge in [-0.3, -0.25) is 9.78 Å². The van der Waals surface area contributed by atoms with Gasteiger partial charge in [0.1, 0.15) is 0 Å². The maximum Gasteiger partial charge on any atom is 0.255 e. The van der Waals surface area contributed by atoms with Gasteiger partial charge in [-0.1, -0.05) is 17.8 Å². The second-order valence-electron chi connectivity index (χ2n) is 3.46. The van der Waals surface area contributed by atoms with Crippen LogP contribution >= 0.6 is 11.8 Å². The molecule has 2 heterocycles. The topological polar surface area (TPSA) is 78.9 Å². The smallest absolute Gasteiger partial charge is 0.255 e. The number of H-pyrrole nitrogens is 1. The van der Waals surface area contributed by atoms with Crippen molar-refractivity contribution in [1.82, 2.24) is 15.0 Å². The number of hydrogen-bond acceptors (Lipinski definition) is 5. The average Bonchev–Trinajstić information content (AvgIpc) is 2.27. The summed E-state index contributed by atoms with van der Waals surface area (Å²) in [5.74, 6) is 0.327. The Bertz CT molecular complexity index is 583. The molecule has 2 aromatic heterocycles. The molecule has 0 aliphatic rings. The van der Waals surface area contributed by atoms with Crippen LogP contribution in [0.5, 0.6) is 5.88 Å². The molecule has 88 valence electrons. The molecule has 0 saturated carbocycles. The quantitative estimate of drug-likeness (QED) is 0.636. The summed E-state index contributed by atoms with van der Waals surface area (Å²) in [5.41, 5.74) is 1.66. The predicted octanol–water partition coefficient (Wildman–Crippen LogP) is 1.47. The van der Waals surface area contributed by atoms with E-state index in [9.17, 15) is 9.90 Å². The van der Waals surface area contributed by atoms with E-state index >= 15 is 0 Å². The summed E-state index contributed by atoms with van der Waals surface area (Å²) in [6, 6.07) is 4.88. The third-order valence-electron chi connectivity index (χ3n) is 2.17. The Morgan fingerprint density at radius 1 is 1.53 bits per heavy atom. The Morgan fingerprint density at radius 3 is 3.06 bits per heavy atom. The van der Waals surface area contributed by atoms with Gasteiger partial charge in [0.15, 0.2) is 5.16 Å². The molecule has 2 rings (SSSR count). The summed E-state index contributed by atoms with van der Waals surface area (Å²) in [6.45, 7) is 1.97. The van der Waals surface area contributed by atoms with Gasteiger partial charge in [0, 0.05) is 11.9 Å². The summed E-state index contributed by atoms with van der Waals surface area (Å²) in [6.07, 6.45) is 1.72. The van der Waals surface area contributed by atoms with Crippen LogP contribution in [-0.4, -0.2) is 20.1 Å². The van der Waals surface area contributed by atoms with E-state index in [1.165, 1.54) is 11.8 Å². The number of aromatic nitrogens is 3. The number of nitrogens with one attached hydrogen (secondary N) is 1. The number of hydrogen-bond donors (Lipinski definition) is 2. The van der Waals surface area contributed by atoms with Crippen molar-refractivity contribution in [3.63, 3.8) is 0 Å². The standard InChI is InChI=1S/C11H11N3O2S/c1-7-3-2-4-12-8(7)6-17-11-13-9(15)5-10(16)14-11/h2-5H,6H2,1H3,(H2,13,14,15,16). The van der Waals surface area contributed by atoms with E-state index in [-0.39, 0.29) is 11.4 Å². The fourth-order valence-corrected chi connectivity index (χ4v) is 2.20. The molecule has 0 unspecified atom stereocenters. The highest BCUT2D eigenvalue weighted by Crippen LogP contribution is 2.19. The van der Waals surface area contributed by atoms with Crippen LogP contribution in [0.4, 0.5) is 0 Å². The number of aromatic hydroxyl groups is 1. The van der Waals surface area contributed by atoms with Crippen LogP contribution < -0.4 is 5.56 Å². The van der Waals surface area contributed by atoms with Crippen LogP contribution in [-0.2, 0) is 5.75 Å². The van der Waals surface area contributed by atoms with Crippen LogP contribution in [0.25, 0.3) is 0 Å². The van der Waals surface area contributed by atoms with Gasteiger partial charge < -0.3 is 10.1 Å². The minimum atomic E-state index is -0.363. The van der Waals surface area contributed by atoms with Crippen molar-refractivity contribution in [2.24, 2.45) is 0 Å². The number of aromatic amines is 1. The van der Waals surface area contributed by atoms with Crippen LogP contribution in [0.1, 0.15) is 11.3 Å².